The van der Waals surface area contributed by atoms with Crippen LogP contribution >= 0.6 is 0 Å². The second-order valence-electron chi connectivity index (χ2n) is 6.02. The SMILES string of the molecule is N#Cc1ccc(F)c(CN2CCN(C(=O)C3CCCO3)CC2)c1. The molecule has 6 heteroatoms. The largest absolute Gasteiger partial charge is 0.368 e. The van der Waals surface area contributed by atoms with Crippen LogP contribution in [0.1, 0.15) is 24.0 Å². The summed E-state index contributed by atoms with van der Waals surface area (Å²) in [7, 11) is 0. The van der Waals surface area contributed by atoms with Crippen LogP contribution in [-0.4, -0.2) is 54.6 Å². The Bertz CT molecular complexity index is 615. The van der Waals surface area contributed by atoms with E-state index in [1.54, 1.807) is 6.07 Å². The average Bonchev–Trinajstić information content (AvgIpc) is 3.11. The first-order chi connectivity index (χ1) is 11.2. The quantitative estimate of drug-likeness (QED) is 0.848. The highest BCUT2D eigenvalue weighted by molar-refractivity contribution is 5.81. The second kappa shape index (κ2) is 7.07. The van der Waals surface area contributed by atoms with Crippen LogP contribution < -0.4 is 0 Å². The first-order valence-electron chi connectivity index (χ1n) is 7.98. The molecule has 0 radical (unpaired) electrons. The number of carbonyl (C=O) groups is 1. The molecule has 2 saturated heterocycles. The minimum Gasteiger partial charge on any atom is -0.368 e. The van der Waals surface area contributed by atoms with Gasteiger partial charge >= 0.3 is 0 Å². The number of piperazine rings is 1. The number of benzene rings is 1. The zero-order chi connectivity index (χ0) is 16.2. The fraction of sp³-hybridized carbons (Fsp3) is 0.529. The van der Waals surface area contributed by atoms with E-state index in [0.717, 1.165) is 12.8 Å². The van der Waals surface area contributed by atoms with Gasteiger partial charge in [0.05, 0.1) is 11.6 Å². The van der Waals surface area contributed by atoms with Crippen molar-refractivity contribution in [3.63, 3.8) is 0 Å². The number of rotatable bonds is 3. The van der Waals surface area contributed by atoms with Gasteiger partial charge in [-0.2, -0.15) is 5.26 Å². The monoisotopic (exact) mass is 317 g/mol. The van der Waals surface area contributed by atoms with Gasteiger partial charge in [0.2, 0.25) is 0 Å². The summed E-state index contributed by atoms with van der Waals surface area (Å²) >= 11 is 0. The first kappa shape index (κ1) is 15.9. The van der Waals surface area contributed by atoms with Gasteiger partial charge in [0.15, 0.2) is 0 Å². The minimum absolute atomic E-state index is 0.0832. The molecule has 23 heavy (non-hydrogen) atoms. The first-order valence-corrected chi connectivity index (χ1v) is 7.98. The van der Waals surface area contributed by atoms with Crippen molar-refractivity contribution in [2.75, 3.05) is 32.8 Å². The molecule has 0 bridgehead atoms. The van der Waals surface area contributed by atoms with E-state index in [-0.39, 0.29) is 17.8 Å². The lowest BCUT2D eigenvalue weighted by Crippen LogP contribution is -2.51. The number of hydrogen-bond donors (Lipinski definition) is 0. The maximum absolute atomic E-state index is 13.9. The van der Waals surface area contributed by atoms with Crippen molar-refractivity contribution in [1.29, 1.82) is 5.26 Å². The Balaban J connectivity index is 1.55. The van der Waals surface area contributed by atoms with Crippen LogP contribution in [0.5, 0.6) is 0 Å². The minimum atomic E-state index is -0.290. The van der Waals surface area contributed by atoms with Crippen LogP contribution in [0.2, 0.25) is 0 Å². The molecule has 0 aliphatic carbocycles. The molecule has 1 aromatic rings. The highest BCUT2D eigenvalue weighted by Gasteiger charge is 2.30. The Morgan fingerprint density at radius 3 is 2.78 bits per heavy atom. The number of ether oxygens (including phenoxy) is 1. The summed E-state index contributed by atoms with van der Waals surface area (Å²) in [6.45, 7) is 3.81. The van der Waals surface area contributed by atoms with E-state index >= 15 is 0 Å². The van der Waals surface area contributed by atoms with Crippen LogP contribution in [0.3, 0.4) is 0 Å². The Hall–Kier alpha value is -1.97. The highest BCUT2D eigenvalue weighted by atomic mass is 19.1. The normalized spacial score (nSPS) is 22.1. The third kappa shape index (κ3) is 3.69. The molecular weight excluding hydrogens is 297 g/mol. The molecule has 2 aliphatic rings. The molecule has 1 unspecified atom stereocenters. The summed E-state index contributed by atoms with van der Waals surface area (Å²) in [6.07, 6.45) is 1.49. The van der Waals surface area contributed by atoms with Crippen molar-refractivity contribution < 1.29 is 13.9 Å². The van der Waals surface area contributed by atoms with Gasteiger partial charge in [-0.3, -0.25) is 9.69 Å². The van der Waals surface area contributed by atoms with E-state index in [9.17, 15) is 9.18 Å². The standard InChI is InChI=1S/C17H20FN3O2/c18-15-4-3-13(11-19)10-14(15)12-20-5-7-21(8-6-20)17(22)16-2-1-9-23-16/h3-4,10,16H,1-2,5-9,12H2. The van der Waals surface area contributed by atoms with Crippen LogP contribution in [0, 0.1) is 17.1 Å². The molecule has 1 aromatic carbocycles. The van der Waals surface area contributed by atoms with E-state index in [1.807, 2.05) is 11.0 Å². The van der Waals surface area contributed by atoms with Gasteiger partial charge in [-0.25, -0.2) is 4.39 Å². The molecule has 122 valence electrons. The van der Waals surface area contributed by atoms with Crippen LogP contribution in [0.4, 0.5) is 4.39 Å². The molecule has 2 aliphatic heterocycles. The zero-order valence-electron chi connectivity index (χ0n) is 13.0. The van der Waals surface area contributed by atoms with E-state index < -0.39 is 0 Å². The van der Waals surface area contributed by atoms with Crippen molar-refractivity contribution in [2.24, 2.45) is 0 Å². The fourth-order valence-electron chi connectivity index (χ4n) is 3.11. The van der Waals surface area contributed by atoms with Gasteiger partial charge in [0, 0.05) is 44.9 Å². The zero-order valence-corrected chi connectivity index (χ0v) is 13.0. The van der Waals surface area contributed by atoms with Crippen LogP contribution in [-0.2, 0) is 16.1 Å². The molecule has 0 spiro atoms. The van der Waals surface area contributed by atoms with E-state index in [1.165, 1.54) is 12.1 Å². The predicted octanol–water partition coefficient (Wildman–Crippen LogP) is 1.52. The molecule has 5 nitrogen and oxygen atoms in total. The second-order valence-corrected chi connectivity index (χ2v) is 6.02. The third-order valence-electron chi connectivity index (χ3n) is 4.46. The lowest BCUT2D eigenvalue weighted by Gasteiger charge is -2.35. The maximum Gasteiger partial charge on any atom is 0.251 e. The Kier molecular flexibility index (Phi) is 4.89. The van der Waals surface area contributed by atoms with Gasteiger partial charge in [-0.1, -0.05) is 0 Å². The number of amides is 1. The van der Waals surface area contributed by atoms with Crippen molar-refractivity contribution in [2.45, 2.75) is 25.5 Å². The van der Waals surface area contributed by atoms with E-state index in [2.05, 4.69) is 4.90 Å². The number of halogens is 1. The lowest BCUT2D eigenvalue weighted by atomic mass is 10.1. The summed E-state index contributed by atoms with van der Waals surface area (Å²) in [5.74, 6) is -0.207. The van der Waals surface area contributed by atoms with Gasteiger partial charge in [0.25, 0.3) is 5.91 Å². The summed E-state index contributed by atoms with van der Waals surface area (Å²) in [4.78, 5) is 16.2. The van der Waals surface area contributed by atoms with Crippen molar-refractivity contribution in [3.8, 4) is 6.07 Å². The van der Waals surface area contributed by atoms with Gasteiger partial charge in [0.1, 0.15) is 11.9 Å². The number of carbonyl (C=O) groups excluding carboxylic acids is 1. The topological polar surface area (TPSA) is 56.6 Å². The number of nitrogens with zero attached hydrogens (tertiary/aromatic N) is 3. The maximum atomic E-state index is 13.9. The molecule has 2 heterocycles. The molecular formula is C17H20FN3O2. The van der Waals surface area contributed by atoms with Gasteiger partial charge in [-0.15, -0.1) is 0 Å². The van der Waals surface area contributed by atoms with Gasteiger partial charge < -0.3 is 9.64 Å². The Labute approximate surface area is 135 Å². The smallest absolute Gasteiger partial charge is 0.251 e. The molecule has 0 aromatic heterocycles. The van der Waals surface area contributed by atoms with Crippen LogP contribution in [0.15, 0.2) is 18.2 Å². The molecule has 0 N–H and O–H groups in total. The molecule has 3 rings (SSSR count). The van der Waals surface area contributed by atoms with Crippen molar-refractivity contribution in [1.82, 2.24) is 9.80 Å². The summed E-state index contributed by atoms with van der Waals surface area (Å²) in [6, 6.07) is 6.45. The Morgan fingerprint density at radius 1 is 1.35 bits per heavy atom. The third-order valence-corrected chi connectivity index (χ3v) is 4.46. The van der Waals surface area contributed by atoms with E-state index in [0.29, 0.717) is 50.5 Å². The molecule has 1 atom stereocenters. The highest BCUT2D eigenvalue weighted by Crippen LogP contribution is 2.18. The summed E-state index contributed by atoms with van der Waals surface area (Å²) in [5, 5.41) is 8.92. The van der Waals surface area contributed by atoms with Crippen molar-refractivity contribution in [3.05, 3.63) is 35.1 Å². The average molecular weight is 317 g/mol. The summed E-state index contributed by atoms with van der Waals surface area (Å²) in [5.41, 5.74) is 0.997. The molecule has 2 fully saturated rings. The van der Waals surface area contributed by atoms with Gasteiger partial charge in [-0.05, 0) is 31.0 Å². The molecule has 1 amide bonds. The van der Waals surface area contributed by atoms with Crippen molar-refractivity contribution >= 4 is 5.91 Å². The van der Waals surface area contributed by atoms with E-state index in [4.69, 9.17) is 10.00 Å². The van der Waals surface area contributed by atoms with Crippen LogP contribution in [0.25, 0.3) is 0 Å². The Morgan fingerprint density at radius 2 is 2.13 bits per heavy atom. The number of nitriles is 1. The lowest BCUT2D eigenvalue weighted by molar-refractivity contribution is -0.142. The number of hydrogen-bond acceptors (Lipinski definition) is 4. The summed E-state index contributed by atoms with van der Waals surface area (Å²) < 4.78 is 19.3. The fourth-order valence-corrected chi connectivity index (χ4v) is 3.11. The predicted molar refractivity (Wildman–Crippen MR) is 81.9 cm³/mol. The molecule has 0 saturated carbocycles.